The van der Waals surface area contributed by atoms with Gasteiger partial charge in [0.15, 0.2) is 6.61 Å². The molecule has 0 saturated carbocycles. The summed E-state index contributed by atoms with van der Waals surface area (Å²) >= 11 is 0. The number of aliphatic carboxylic acids is 1. The predicted molar refractivity (Wildman–Crippen MR) is 71.5 cm³/mol. The van der Waals surface area contributed by atoms with Crippen molar-refractivity contribution in [3.8, 4) is 5.75 Å². The van der Waals surface area contributed by atoms with Gasteiger partial charge in [-0.05, 0) is 18.6 Å². The number of para-hydroxylation sites is 2. The summed E-state index contributed by atoms with van der Waals surface area (Å²) in [5.41, 5.74) is 0.442. The number of hydrogen-bond acceptors (Lipinski definition) is 3. The van der Waals surface area contributed by atoms with Crippen molar-refractivity contribution in [2.45, 2.75) is 19.8 Å². The fraction of sp³-hybridized carbons (Fsp3) is 0.385. The number of anilines is 1. The number of ether oxygens (including phenoxy) is 1. The molecule has 1 rings (SSSR count). The van der Waals surface area contributed by atoms with Crippen LogP contribution in [0.2, 0.25) is 0 Å². The van der Waals surface area contributed by atoms with Gasteiger partial charge in [-0.1, -0.05) is 25.5 Å². The van der Waals surface area contributed by atoms with Crippen LogP contribution in [-0.4, -0.2) is 30.3 Å². The third kappa shape index (κ3) is 5.76. The molecule has 1 aromatic rings. The molecule has 0 bridgehead atoms. The van der Waals surface area contributed by atoms with Crippen molar-refractivity contribution < 1.29 is 19.4 Å². The Kier molecular flexibility index (Phi) is 6.21. The number of carboxylic acid groups (broad SMARTS) is 1. The van der Waals surface area contributed by atoms with Gasteiger partial charge in [-0.25, -0.2) is 9.59 Å². The average molecular weight is 266 g/mol. The highest BCUT2D eigenvalue weighted by atomic mass is 16.5. The summed E-state index contributed by atoms with van der Waals surface area (Å²) < 4.78 is 5.08. The van der Waals surface area contributed by atoms with E-state index in [2.05, 4.69) is 10.6 Å². The van der Waals surface area contributed by atoms with Crippen molar-refractivity contribution in [2.75, 3.05) is 18.5 Å². The predicted octanol–water partition coefficient (Wildman–Crippen LogP) is 2.07. The Balaban J connectivity index is 2.56. The van der Waals surface area contributed by atoms with Crippen molar-refractivity contribution >= 4 is 17.7 Å². The number of rotatable bonds is 7. The van der Waals surface area contributed by atoms with Gasteiger partial charge in [0.1, 0.15) is 5.75 Å². The van der Waals surface area contributed by atoms with Crippen molar-refractivity contribution in [2.24, 2.45) is 0 Å². The molecule has 2 amide bonds. The van der Waals surface area contributed by atoms with Crippen molar-refractivity contribution in [1.82, 2.24) is 5.32 Å². The second kappa shape index (κ2) is 7.97. The maximum absolute atomic E-state index is 11.6. The van der Waals surface area contributed by atoms with E-state index in [1.807, 2.05) is 6.92 Å². The second-order valence-electron chi connectivity index (χ2n) is 3.91. The zero-order valence-electron chi connectivity index (χ0n) is 10.8. The minimum Gasteiger partial charge on any atom is -0.480 e. The lowest BCUT2D eigenvalue weighted by atomic mass is 10.3. The van der Waals surface area contributed by atoms with Crippen molar-refractivity contribution in [1.29, 1.82) is 0 Å². The number of carboxylic acids is 1. The molecule has 3 N–H and O–H groups in total. The monoisotopic (exact) mass is 266 g/mol. The Hall–Kier alpha value is -2.24. The van der Waals surface area contributed by atoms with Crippen LogP contribution in [-0.2, 0) is 4.79 Å². The van der Waals surface area contributed by atoms with Gasteiger partial charge in [0.05, 0.1) is 5.69 Å². The molecule has 0 aliphatic rings. The van der Waals surface area contributed by atoms with E-state index < -0.39 is 12.6 Å². The maximum atomic E-state index is 11.6. The minimum atomic E-state index is -1.07. The van der Waals surface area contributed by atoms with Crippen LogP contribution in [0.25, 0.3) is 0 Å². The first kappa shape index (κ1) is 14.8. The first-order chi connectivity index (χ1) is 9.13. The van der Waals surface area contributed by atoms with Gasteiger partial charge in [0.2, 0.25) is 0 Å². The summed E-state index contributed by atoms with van der Waals surface area (Å²) in [6, 6.07) is 6.35. The molecule has 19 heavy (non-hydrogen) atoms. The molecule has 0 spiro atoms. The number of amides is 2. The molecule has 0 atom stereocenters. The van der Waals surface area contributed by atoms with Crippen molar-refractivity contribution in [3.05, 3.63) is 24.3 Å². The molecule has 0 radical (unpaired) electrons. The molecule has 0 aromatic heterocycles. The minimum absolute atomic E-state index is 0.329. The van der Waals surface area contributed by atoms with E-state index in [4.69, 9.17) is 9.84 Å². The molecule has 6 heteroatoms. The van der Waals surface area contributed by atoms with Crippen LogP contribution in [0.3, 0.4) is 0 Å². The highest BCUT2D eigenvalue weighted by molar-refractivity contribution is 5.90. The summed E-state index contributed by atoms with van der Waals surface area (Å²) in [6.45, 7) is 2.19. The highest BCUT2D eigenvalue weighted by Crippen LogP contribution is 2.23. The lowest BCUT2D eigenvalue weighted by Crippen LogP contribution is -2.29. The first-order valence-corrected chi connectivity index (χ1v) is 6.12. The van der Waals surface area contributed by atoms with Crippen molar-refractivity contribution in [3.63, 3.8) is 0 Å². The zero-order chi connectivity index (χ0) is 14.1. The van der Waals surface area contributed by atoms with E-state index in [1.165, 1.54) is 0 Å². The zero-order valence-corrected chi connectivity index (χ0v) is 10.8. The number of carbonyl (C=O) groups excluding carboxylic acids is 1. The lowest BCUT2D eigenvalue weighted by molar-refractivity contribution is -0.139. The largest absolute Gasteiger partial charge is 0.480 e. The van der Waals surface area contributed by atoms with E-state index in [9.17, 15) is 9.59 Å². The van der Waals surface area contributed by atoms with Gasteiger partial charge in [0.25, 0.3) is 0 Å². The van der Waals surface area contributed by atoms with E-state index in [-0.39, 0.29) is 6.03 Å². The van der Waals surface area contributed by atoms with E-state index >= 15 is 0 Å². The summed E-state index contributed by atoms with van der Waals surface area (Å²) in [5, 5.41) is 13.9. The van der Waals surface area contributed by atoms with Crippen LogP contribution < -0.4 is 15.4 Å². The molecule has 0 unspecified atom stereocenters. The molecule has 0 aliphatic heterocycles. The topological polar surface area (TPSA) is 87.7 Å². The fourth-order valence-electron chi connectivity index (χ4n) is 1.38. The van der Waals surface area contributed by atoms with Gasteiger partial charge < -0.3 is 20.5 Å². The van der Waals surface area contributed by atoms with Crippen LogP contribution in [0.4, 0.5) is 10.5 Å². The Morgan fingerprint density at radius 3 is 2.74 bits per heavy atom. The van der Waals surface area contributed by atoms with Gasteiger partial charge in [-0.15, -0.1) is 0 Å². The number of carbonyl (C=O) groups is 2. The van der Waals surface area contributed by atoms with E-state index in [0.29, 0.717) is 18.0 Å². The third-order valence-corrected chi connectivity index (χ3v) is 2.30. The summed E-state index contributed by atoms with van der Waals surface area (Å²) in [5.74, 6) is -0.738. The number of hydrogen-bond donors (Lipinski definition) is 3. The Bertz CT molecular complexity index is 434. The number of unbranched alkanes of at least 4 members (excludes halogenated alkanes) is 1. The molecule has 0 aliphatic carbocycles. The van der Waals surface area contributed by atoms with E-state index in [1.54, 1.807) is 24.3 Å². The van der Waals surface area contributed by atoms with Gasteiger partial charge in [0, 0.05) is 6.54 Å². The number of benzene rings is 1. The molecular formula is C13H18N2O4. The Morgan fingerprint density at radius 1 is 1.32 bits per heavy atom. The van der Waals surface area contributed by atoms with Gasteiger partial charge in [-0.2, -0.15) is 0 Å². The van der Waals surface area contributed by atoms with Crippen LogP contribution in [0.15, 0.2) is 24.3 Å². The van der Waals surface area contributed by atoms with Gasteiger partial charge in [-0.3, -0.25) is 0 Å². The molecule has 1 aromatic carbocycles. The van der Waals surface area contributed by atoms with Crippen LogP contribution in [0, 0.1) is 0 Å². The fourth-order valence-corrected chi connectivity index (χ4v) is 1.38. The molecule has 104 valence electrons. The SMILES string of the molecule is CCCCNC(=O)Nc1ccccc1OCC(=O)O. The summed E-state index contributed by atoms with van der Waals surface area (Å²) in [4.78, 5) is 22.0. The molecule has 0 saturated heterocycles. The third-order valence-electron chi connectivity index (χ3n) is 2.30. The molecule has 6 nitrogen and oxygen atoms in total. The Labute approximate surface area is 111 Å². The number of nitrogens with one attached hydrogen (secondary N) is 2. The summed E-state index contributed by atoms with van der Waals surface area (Å²) in [6.07, 6.45) is 1.91. The quantitative estimate of drug-likeness (QED) is 0.659. The smallest absolute Gasteiger partial charge is 0.341 e. The Morgan fingerprint density at radius 2 is 2.05 bits per heavy atom. The first-order valence-electron chi connectivity index (χ1n) is 6.12. The normalized spacial score (nSPS) is 9.74. The highest BCUT2D eigenvalue weighted by Gasteiger charge is 2.08. The standard InChI is InChI=1S/C13H18N2O4/c1-2-3-8-14-13(18)15-10-6-4-5-7-11(10)19-9-12(16)17/h4-7H,2-3,8-9H2,1H3,(H,16,17)(H2,14,15,18). The van der Waals surface area contributed by atoms with Crippen LogP contribution in [0.5, 0.6) is 5.75 Å². The lowest BCUT2D eigenvalue weighted by Gasteiger charge is -2.11. The van der Waals surface area contributed by atoms with Crippen LogP contribution in [0.1, 0.15) is 19.8 Å². The molecule has 0 fully saturated rings. The molecule has 0 heterocycles. The van der Waals surface area contributed by atoms with Gasteiger partial charge >= 0.3 is 12.0 Å². The summed E-state index contributed by atoms with van der Waals surface area (Å²) in [7, 11) is 0. The van der Waals surface area contributed by atoms with E-state index in [0.717, 1.165) is 12.8 Å². The molecular weight excluding hydrogens is 248 g/mol. The second-order valence-corrected chi connectivity index (χ2v) is 3.91. The van der Waals surface area contributed by atoms with Crippen LogP contribution >= 0.6 is 0 Å². The maximum Gasteiger partial charge on any atom is 0.341 e. The average Bonchev–Trinajstić information content (AvgIpc) is 2.38. The number of urea groups is 1.